The molecular formula is C23H30N4O2S. The molecule has 1 heterocycles. The van der Waals surface area contributed by atoms with E-state index < -0.39 is 0 Å². The molecule has 0 aromatic heterocycles. The first kappa shape index (κ1) is 22.0. The summed E-state index contributed by atoms with van der Waals surface area (Å²) in [4.78, 5) is 30.8. The zero-order valence-corrected chi connectivity index (χ0v) is 18.7. The number of rotatable bonds is 7. The van der Waals surface area contributed by atoms with E-state index in [4.69, 9.17) is 0 Å². The number of hydrogen-bond donors (Lipinski definition) is 2. The van der Waals surface area contributed by atoms with E-state index in [0.29, 0.717) is 24.3 Å². The van der Waals surface area contributed by atoms with Crippen LogP contribution in [0.5, 0.6) is 0 Å². The zero-order valence-electron chi connectivity index (χ0n) is 17.9. The molecule has 2 N–H and O–H groups in total. The summed E-state index contributed by atoms with van der Waals surface area (Å²) in [6, 6.07) is 13.0. The Morgan fingerprint density at radius 1 is 0.967 bits per heavy atom. The molecule has 1 saturated heterocycles. The molecule has 3 amide bonds. The van der Waals surface area contributed by atoms with Crippen LogP contribution < -0.4 is 15.5 Å². The van der Waals surface area contributed by atoms with E-state index in [1.54, 1.807) is 17.8 Å². The topological polar surface area (TPSA) is 64.7 Å². The molecule has 160 valence electrons. The average Bonchev–Trinajstić information content (AvgIpc) is 3.29. The molecule has 0 saturated carbocycles. The van der Waals surface area contributed by atoms with Gasteiger partial charge in [-0.05, 0) is 75.4 Å². The number of nitrogens with zero attached hydrogens (tertiary/aromatic N) is 2. The van der Waals surface area contributed by atoms with Crippen LogP contribution in [0.2, 0.25) is 0 Å². The van der Waals surface area contributed by atoms with Gasteiger partial charge in [-0.15, -0.1) is 11.8 Å². The first-order valence-corrected chi connectivity index (χ1v) is 11.7. The van der Waals surface area contributed by atoms with Crippen molar-refractivity contribution in [3.05, 3.63) is 48.0 Å². The highest BCUT2D eigenvalue weighted by molar-refractivity contribution is 7.98. The zero-order chi connectivity index (χ0) is 21.5. The van der Waals surface area contributed by atoms with Crippen molar-refractivity contribution in [3.63, 3.8) is 0 Å². The Balaban J connectivity index is 1.79. The minimum Gasteiger partial charge on any atom is -0.371 e. The molecular weight excluding hydrogens is 396 g/mol. The van der Waals surface area contributed by atoms with Crippen LogP contribution in [0.3, 0.4) is 0 Å². The smallest absolute Gasteiger partial charge is 0.323 e. The first-order chi connectivity index (χ1) is 14.5. The summed E-state index contributed by atoms with van der Waals surface area (Å²) in [5.41, 5.74) is 2.91. The Labute approximate surface area is 183 Å². The van der Waals surface area contributed by atoms with E-state index in [9.17, 15) is 9.59 Å². The fourth-order valence-electron chi connectivity index (χ4n) is 3.67. The maximum absolute atomic E-state index is 13.1. The molecule has 0 bridgehead atoms. The van der Waals surface area contributed by atoms with E-state index in [1.807, 2.05) is 61.4 Å². The second-order valence-corrected chi connectivity index (χ2v) is 8.09. The van der Waals surface area contributed by atoms with Gasteiger partial charge in [0.2, 0.25) is 0 Å². The van der Waals surface area contributed by atoms with Crippen molar-refractivity contribution < 1.29 is 9.59 Å². The summed E-state index contributed by atoms with van der Waals surface area (Å²) in [6.07, 6.45) is 4.28. The molecule has 1 fully saturated rings. The number of thioether (sulfide) groups is 1. The lowest BCUT2D eigenvalue weighted by molar-refractivity contribution is 0.0773. The van der Waals surface area contributed by atoms with E-state index >= 15 is 0 Å². The Morgan fingerprint density at radius 3 is 2.17 bits per heavy atom. The quantitative estimate of drug-likeness (QED) is 0.602. The number of benzene rings is 2. The predicted molar refractivity (Wildman–Crippen MR) is 126 cm³/mol. The Bertz CT molecular complexity index is 875. The van der Waals surface area contributed by atoms with Gasteiger partial charge in [-0.3, -0.25) is 4.79 Å². The van der Waals surface area contributed by atoms with Crippen molar-refractivity contribution in [2.24, 2.45) is 0 Å². The number of urea groups is 1. The van der Waals surface area contributed by atoms with Crippen molar-refractivity contribution in [2.45, 2.75) is 31.6 Å². The van der Waals surface area contributed by atoms with Gasteiger partial charge in [0.1, 0.15) is 0 Å². The van der Waals surface area contributed by atoms with Crippen LogP contribution >= 0.6 is 11.8 Å². The highest BCUT2D eigenvalue weighted by atomic mass is 32.2. The molecule has 2 aromatic rings. The van der Waals surface area contributed by atoms with E-state index in [1.165, 1.54) is 0 Å². The lowest BCUT2D eigenvalue weighted by atomic mass is 10.1. The maximum atomic E-state index is 13.1. The molecule has 0 aliphatic carbocycles. The highest BCUT2D eigenvalue weighted by Gasteiger charge is 2.23. The molecule has 0 radical (unpaired) electrons. The van der Waals surface area contributed by atoms with Crippen molar-refractivity contribution in [1.82, 2.24) is 4.90 Å². The third-order valence-corrected chi connectivity index (χ3v) is 6.07. The van der Waals surface area contributed by atoms with Crippen LogP contribution in [-0.2, 0) is 0 Å². The van der Waals surface area contributed by atoms with E-state index in [2.05, 4.69) is 15.5 Å². The second kappa shape index (κ2) is 10.4. The van der Waals surface area contributed by atoms with Crippen molar-refractivity contribution >= 4 is 40.8 Å². The highest BCUT2D eigenvalue weighted by Crippen LogP contribution is 2.29. The lowest BCUT2D eigenvalue weighted by Gasteiger charge is -2.25. The standard InChI is InChI=1S/C23H30N4O2S/c1-4-26(5-2)22(28)20-16-18(10-13-21(20)27-14-6-7-15-27)25-23(29)24-17-8-11-19(30-3)12-9-17/h8-13,16H,4-7,14-15H2,1-3H3,(H2,24,25,29). The van der Waals surface area contributed by atoms with Gasteiger partial charge in [-0.25, -0.2) is 4.79 Å². The maximum Gasteiger partial charge on any atom is 0.323 e. The molecule has 2 aromatic carbocycles. The summed E-state index contributed by atoms with van der Waals surface area (Å²) in [5.74, 6) is -0.00128. The van der Waals surface area contributed by atoms with Crippen LogP contribution in [0.15, 0.2) is 47.4 Å². The number of carbonyl (C=O) groups is 2. The number of anilines is 3. The third-order valence-electron chi connectivity index (χ3n) is 5.33. The van der Waals surface area contributed by atoms with Gasteiger partial charge in [-0.1, -0.05) is 0 Å². The van der Waals surface area contributed by atoms with Gasteiger partial charge < -0.3 is 20.4 Å². The lowest BCUT2D eigenvalue weighted by Crippen LogP contribution is -2.32. The van der Waals surface area contributed by atoms with Crippen molar-refractivity contribution in [3.8, 4) is 0 Å². The van der Waals surface area contributed by atoms with Crippen molar-refractivity contribution in [1.29, 1.82) is 0 Å². The van der Waals surface area contributed by atoms with E-state index in [-0.39, 0.29) is 11.9 Å². The minimum absolute atomic E-state index is 0.00128. The average molecular weight is 427 g/mol. The molecule has 6 nitrogen and oxygen atoms in total. The monoisotopic (exact) mass is 426 g/mol. The second-order valence-electron chi connectivity index (χ2n) is 7.21. The number of hydrogen-bond acceptors (Lipinski definition) is 4. The van der Waals surface area contributed by atoms with Gasteiger partial charge >= 0.3 is 6.03 Å². The summed E-state index contributed by atoms with van der Waals surface area (Å²) < 4.78 is 0. The summed E-state index contributed by atoms with van der Waals surface area (Å²) in [5, 5.41) is 5.70. The fourth-order valence-corrected chi connectivity index (χ4v) is 4.08. The van der Waals surface area contributed by atoms with Gasteiger partial charge in [-0.2, -0.15) is 0 Å². The Hall–Kier alpha value is -2.67. The molecule has 0 spiro atoms. The van der Waals surface area contributed by atoms with E-state index in [0.717, 1.165) is 42.2 Å². The number of amides is 3. The number of nitrogens with one attached hydrogen (secondary N) is 2. The summed E-state index contributed by atoms with van der Waals surface area (Å²) in [6.45, 7) is 7.18. The first-order valence-electron chi connectivity index (χ1n) is 10.5. The Morgan fingerprint density at radius 2 is 1.57 bits per heavy atom. The SMILES string of the molecule is CCN(CC)C(=O)c1cc(NC(=O)Nc2ccc(SC)cc2)ccc1N1CCCC1. The minimum atomic E-state index is -0.331. The molecule has 0 atom stereocenters. The van der Waals surface area contributed by atoms with Crippen LogP contribution in [-0.4, -0.2) is 49.3 Å². The Kier molecular flexibility index (Phi) is 7.63. The normalized spacial score (nSPS) is 13.2. The third kappa shape index (κ3) is 5.27. The largest absolute Gasteiger partial charge is 0.371 e. The molecule has 3 rings (SSSR count). The van der Waals surface area contributed by atoms with Crippen LogP contribution in [0.4, 0.5) is 21.9 Å². The van der Waals surface area contributed by atoms with Crippen LogP contribution in [0.25, 0.3) is 0 Å². The summed E-state index contributed by atoms with van der Waals surface area (Å²) in [7, 11) is 0. The van der Waals surface area contributed by atoms with Gasteiger partial charge in [0.25, 0.3) is 5.91 Å². The molecule has 7 heteroatoms. The van der Waals surface area contributed by atoms with Crippen LogP contribution in [0.1, 0.15) is 37.0 Å². The van der Waals surface area contributed by atoms with Gasteiger partial charge in [0, 0.05) is 48.1 Å². The molecule has 1 aliphatic rings. The fraction of sp³-hybridized carbons (Fsp3) is 0.391. The van der Waals surface area contributed by atoms with Crippen molar-refractivity contribution in [2.75, 3.05) is 48.0 Å². The summed E-state index contributed by atoms with van der Waals surface area (Å²) >= 11 is 1.65. The van der Waals surface area contributed by atoms with Gasteiger partial charge in [0.05, 0.1) is 5.56 Å². The molecule has 30 heavy (non-hydrogen) atoms. The molecule has 0 unspecified atom stereocenters. The van der Waals surface area contributed by atoms with Crippen LogP contribution in [0, 0.1) is 0 Å². The number of carbonyl (C=O) groups excluding carboxylic acids is 2. The van der Waals surface area contributed by atoms with Gasteiger partial charge in [0.15, 0.2) is 0 Å². The predicted octanol–water partition coefficient (Wildman–Crippen LogP) is 5.13. The molecule has 1 aliphatic heterocycles.